The summed E-state index contributed by atoms with van der Waals surface area (Å²) in [5.41, 5.74) is 1.22. The van der Waals surface area contributed by atoms with Crippen LogP contribution >= 0.6 is 0 Å². The Labute approximate surface area is 127 Å². The molecule has 0 fully saturated rings. The standard InChI is InChI=1S/C16H16N4O2/c1-12(15(21)17-10-13-6-3-2-4-7-13)20-16(22)14-8-5-9-19(14)11-18-20/h2-9,11-12H,10H2,1H3,(H,17,21)/t12-/m0/s1. The number of carbonyl (C=O) groups excluding carboxylic acids is 1. The van der Waals surface area contributed by atoms with Gasteiger partial charge in [-0.1, -0.05) is 30.3 Å². The molecule has 0 spiro atoms. The molecule has 1 amide bonds. The SMILES string of the molecule is C[C@@H](C(=O)NCc1ccccc1)n1ncn2cccc2c1=O. The Kier molecular flexibility index (Phi) is 3.74. The van der Waals surface area contributed by atoms with Gasteiger partial charge in [-0.2, -0.15) is 5.10 Å². The highest BCUT2D eigenvalue weighted by Gasteiger charge is 2.18. The van der Waals surface area contributed by atoms with Crippen molar-refractivity contribution in [2.45, 2.75) is 19.5 Å². The van der Waals surface area contributed by atoms with Crippen molar-refractivity contribution in [3.8, 4) is 0 Å². The van der Waals surface area contributed by atoms with Crippen LogP contribution in [0.4, 0.5) is 0 Å². The second-order valence-corrected chi connectivity index (χ2v) is 5.06. The van der Waals surface area contributed by atoms with Crippen LogP contribution < -0.4 is 10.9 Å². The highest BCUT2D eigenvalue weighted by atomic mass is 16.2. The molecule has 1 N–H and O–H groups in total. The summed E-state index contributed by atoms with van der Waals surface area (Å²) in [7, 11) is 0. The van der Waals surface area contributed by atoms with E-state index in [1.807, 2.05) is 30.3 Å². The number of aromatic nitrogens is 3. The minimum atomic E-state index is -0.670. The minimum absolute atomic E-state index is 0.241. The summed E-state index contributed by atoms with van der Waals surface area (Å²) in [4.78, 5) is 24.5. The number of hydrogen-bond donors (Lipinski definition) is 1. The van der Waals surface area contributed by atoms with Gasteiger partial charge in [0.15, 0.2) is 0 Å². The number of amides is 1. The Bertz CT molecular complexity index is 851. The van der Waals surface area contributed by atoms with Gasteiger partial charge in [-0.25, -0.2) is 4.68 Å². The number of carbonyl (C=O) groups is 1. The van der Waals surface area contributed by atoms with E-state index in [1.165, 1.54) is 11.0 Å². The molecule has 0 unspecified atom stereocenters. The molecule has 0 radical (unpaired) electrons. The van der Waals surface area contributed by atoms with Gasteiger partial charge in [-0.05, 0) is 24.6 Å². The van der Waals surface area contributed by atoms with E-state index >= 15 is 0 Å². The zero-order valence-electron chi connectivity index (χ0n) is 12.1. The highest BCUT2D eigenvalue weighted by Crippen LogP contribution is 2.04. The molecule has 2 heterocycles. The molecular formula is C16H16N4O2. The summed E-state index contributed by atoms with van der Waals surface area (Å²) in [5.74, 6) is -0.241. The number of rotatable bonds is 4. The van der Waals surface area contributed by atoms with Gasteiger partial charge in [0.1, 0.15) is 17.9 Å². The van der Waals surface area contributed by atoms with Gasteiger partial charge >= 0.3 is 0 Å². The molecule has 3 rings (SSSR count). The lowest BCUT2D eigenvalue weighted by atomic mass is 10.2. The topological polar surface area (TPSA) is 68.4 Å². The van der Waals surface area contributed by atoms with E-state index < -0.39 is 6.04 Å². The fraction of sp³-hybridized carbons (Fsp3) is 0.188. The molecule has 0 aliphatic rings. The molecule has 6 heteroatoms. The molecule has 3 aromatic rings. The van der Waals surface area contributed by atoms with E-state index in [9.17, 15) is 9.59 Å². The summed E-state index contributed by atoms with van der Waals surface area (Å²) < 4.78 is 2.84. The predicted molar refractivity (Wildman–Crippen MR) is 82.5 cm³/mol. The van der Waals surface area contributed by atoms with Crippen molar-refractivity contribution in [1.82, 2.24) is 19.5 Å². The van der Waals surface area contributed by atoms with E-state index in [1.54, 1.807) is 29.7 Å². The first-order valence-electron chi connectivity index (χ1n) is 7.03. The van der Waals surface area contributed by atoms with E-state index in [4.69, 9.17) is 0 Å². The average molecular weight is 296 g/mol. The maximum Gasteiger partial charge on any atom is 0.291 e. The quantitative estimate of drug-likeness (QED) is 0.790. The van der Waals surface area contributed by atoms with Crippen LogP contribution in [-0.4, -0.2) is 20.1 Å². The van der Waals surface area contributed by atoms with Crippen molar-refractivity contribution in [3.63, 3.8) is 0 Å². The molecule has 2 aromatic heterocycles. The fourth-order valence-corrected chi connectivity index (χ4v) is 2.28. The summed E-state index contributed by atoms with van der Waals surface area (Å²) >= 11 is 0. The smallest absolute Gasteiger partial charge is 0.291 e. The van der Waals surface area contributed by atoms with E-state index in [-0.39, 0.29) is 11.5 Å². The van der Waals surface area contributed by atoms with Gasteiger partial charge in [0, 0.05) is 12.7 Å². The summed E-state index contributed by atoms with van der Waals surface area (Å²) in [6, 6.07) is 12.4. The van der Waals surface area contributed by atoms with Gasteiger partial charge in [0.05, 0.1) is 0 Å². The lowest BCUT2D eigenvalue weighted by molar-refractivity contribution is -0.124. The molecule has 0 bridgehead atoms. The second-order valence-electron chi connectivity index (χ2n) is 5.06. The first kappa shape index (κ1) is 14.1. The third-order valence-electron chi connectivity index (χ3n) is 3.56. The maximum atomic E-state index is 12.3. The zero-order valence-corrected chi connectivity index (χ0v) is 12.1. The molecule has 1 aromatic carbocycles. The van der Waals surface area contributed by atoms with Crippen LogP contribution in [0, 0.1) is 0 Å². The van der Waals surface area contributed by atoms with Crippen molar-refractivity contribution in [3.05, 3.63) is 70.9 Å². The first-order valence-corrected chi connectivity index (χ1v) is 7.03. The maximum absolute atomic E-state index is 12.3. The van der Waals surface area contributed by atoms with Gasteiger partial charge in [0.2, 0.25) is 5.91 Å². The predicted octanol–water partition coefficient (Wildman–Crippen LogP) is 1.37. The molecule has 6 nitrogen and oxygen atoms in total. The van der Waals surface area contributed by atoms with Crippen LogP contribution in [-0.2, 0) is 11.3 Å². The Morgan fingerprint density at radius 2 is 2.00 bits per heavy atom. The lowest BCUT2D eigenvalue weighted by Gasteiger charge is -2.14. The number of benzene rings is 1. The monoisotopic (exact) mass is 296 g/mol. The normalized spacial score (nSPS) is 12.2. The Balaban J connectivity index is 1.77. The van der Waals surface area contributed by atoms with Crippen LogP contribution in [0.1, 0.15) is 18.5 Å². The average Bonchev–Trinajstić information content (AvgIpc) is 3.03. The largest absolute Gasteiger partial charge is 0.350 e. The Morgan fingerprint density at radius 1 is 1.23 bits per heavy atom. The van der Waals surface area contributed by atoms with E-state index in [0.29, 0.717) is 12.1 Å². The molecule has 22 heavy (non-hydrogen) atoms. The zero-order chi connectivity index (χ0) is 15.5. The molecule has 112 valence electrons. The van der Waals surface area contributed by atoms with E-state index in [2.05, 4.69) is 10.4 Å². The third kappa shape index (κ3) is 2.63. The number of nitrogens with one attached hydrogen (secondary N) is 1. The third-order valence-corrected chi connectivity index (χ3v) is 3.56. The van der Waals surface area contributed by atoms with Gasteiger partial charge in [-0.3, -0.25) is 9.59 Å². The fourth-order valence-electron chi connectivity index (χ4n) is 2.28. The van der Waals surface area contributed by atoms with Crippen molar-refractivity contribution in [1.29, 1.82) is 0 Å². The van der Waals surface area contributed by atoms with Crippen LogP contribution in [0.25, 0.3) is 5.52 Å². The van der Waals surface area contributed by atoms with Crippen LogP contribution in [0.5, 0.6) is 0 Å². The summed E-state index contributed by atoms with van der Waals surface area (Å²) in [6.45, 7) is 2.08. The van der Waals surface area contributed by atoms with Crippen LogP contribution in [0.2, 0.25) is 0 Å². The number of nitrogens with zero attached hydrogens (tertiary/aromatic N) is 3. The molecule has 1 atom stereocenters. The molecule has 0 saturated heterocycles. The van der Waals surface area contributed by atoms with Gasteiger partial charge < -0.3 is 9.72 Å². The van der Waals surface area contributed by atoms with Crippen LogP contribution in [0.15, 0.2) is 59.8 Å². The first-order chi connectivity index (χ1) is 10.7. The van der Waals surface area contributed by atoms with Crippen molar-refractivity contribution in [2.24, 2.45) is 0 Å². The molecule has 0 aliphatic carbocycles. The van der Waals surface area contributed by atoms with Crippen molar-refractivity contribution >= 4 is 11.4 Å². The lowest BCUT2D eigenvalue weighted by Crippen LogP contribution is -2.37. The van der Waals surface area contributed by atoms with Crippen molar-refractivity contribution < 1.29 is 4.79 Å². The van der Waals surface area contributed by atoms with Gasteiger partial charge in [-0.15, -0.1) is 0 Å². The minimum Gasteiger partial charge on any atom is -0.350 e. The number of hydrogen-bond acceptors (Lipinski definition) is 3. The second kappa shape index (κ2) is 5.85. The molecular weight excluding hydrogens is 280 g/mol. The Hall–Kier alpha value is -2.89. The highest BCUT2D eigenvalue weighted by molar-refractivity contribution is 5.79. The molecule has 0 saturated carbocycles. The van der Waals surface area contributed by atoms with Gasteiger partial charge in [0.25, 0.3) is 5.56 Å². The molecule has 0 aliphatic heterocycles. The summed E-state index contributed by atoms with van der Waals surface area (Å²) in [6.07, 6.45) is 3.27. The number of fused-ring (bicyclic) bond motifs is 1. The Morgan fingerprint density at radius 3 is 2.77 bits per heavy atom. The van der Waals surface area contributed by atoms with E-state index in [0.717, 1.165) is 5.56 Å². The summed E-state index contributed by atoms with van der Waals surface area (Å²) in [5, 5.41) is 6.88. The van der Waals surface area contributed by atoms with Crippen LogP contribution in [0.3, 0.4) is 0 Å². The van der Waals surface area contributed by atoms with Crippen molar-refractivity contribution in [2.75, 3.05) is 0 Å².